The second-order valence-electron chi connectivity index (χ2n) is 3.82. The number of nitro groups is 1. The van der Waals surface area contributed by atoms with Gasteiger partial charge in [0.05, 0.1) is 10.4 Å². The van der Waals surface area contributed by atoms with Crippen LogP contribution in [0.2, 0.25) is 0 Å². The van der Waals surface area contributed by atoms with Crippen LogP contribution in [0, 0.1) is 10.1 Å². The highest BCUT2D eigenvalue weighted by Crippen LogP contribution is 2.21. The van der Waals surface area contributed by atoms with Crippen LogP contribution in [-0.4, -0.2) is 24.9 Å². The molecular weight excluding hydrogens is 248 g/mol. The lowest BCUT2D eigenvalue weighted by molar-refractivity contribution is -0.384. The predicted molar refractivity (Wildman–Crippen MR) is 67.7 cm³/mol. The molecule has 0 bridgehead atoms. The van der Waals surface area contributed by atoms with Crippen LogP contribution >= 0.6 is 0 Å². The van der Waals surface area contributed by atoms with Crippen LogP contribution in [0.3, 0.4) is 0 Å². The molecule has 2 N–H and O–H groups in total. The molecule has 19 heavy (non-hydrogen) atoms. The van der Waals surface area contributed by atoms with E-state index in [1.165, 1.54) is 16.8 Å². The maximum atomic E-state index is 10.7. The van der Waals surface area contributed by atoms with Gasteiger partial charge in [-0.25, -0.2) is 4.98 Å². The summed E-state index contributed by atoms with van der Waals surface area (Å²) in [5, 5.41) is 18.6. The number of para-hydroxylation sites is 1. The molecule has 0 atom stereocenters. The summed E-state index contributed by atoms with van der Waals surface area (Å²) in [4.78, 5) is 14.1. The Labute approximate surface area is 106 Å². The minimum Gasteiger partial charge on any atom is -0.378 e. The quantitative estimate of drug-likeness (QED) is 0.546. The van der Waals surface area contributed by atoms with E-state index in [0.717, 1.165) is 5.52 Å². The molecule has 3 rings (SSSR count). The maximum absolute atomic E-state index is 10.7. The van der Waals surface area contributed by atoms with Crippen molar-refractivity contribution in [1.82, 2.24) is 20.0 Å². The Morgan fingerprint density at radius 3 is 2.74 bits per heavy atom. The number of anilines is 1. The van der Waals surface area contributed by atoms with Crippen molar-refractivity contribution in [1.29, 1.82) is 0 Å². The van der Waals surface area contributed by atoms with Gasteiger partial charge in [0.15, 0.2) is 5.82 Å². The molecule has 0 aliphatic heterocycles. The molecule has 3 aromatic rings. The second-order valence-corrected chi connectivity index (χ2v) is 3.82. The molecule has 0 spiro atoms. The van der Waals surface area contributed by atoms with E-state index in [9.17, 15) is 10.1 Å². The summed E-state index contributed by atoms with van der Waals surface area (Å²) in [5.41, 5.74) is 6.79. The summed E-state index contributed by atoms with van der Waals surface area (Å²) in [6.45, 7) is 0. The minimum absolute atomic E-state index is 0.151. The zero-order valence-corrected chi connectivity index (χ0v) is 9.59. The number of hydrogen-bond donors (Lipinski definition) is 1. The van der Waals surface area contributed by atoms with Crippen LogP contribution in [-0.2, 0) is 0 Å². The first-order valence-corrected chi connectivity index (χ1v) is 5.38. The van der Waals surface area contributed by atoms with Gasteiger partial charge >= 0.3 is 5.69 Å². The zero-order valence-electron chi connectivity index (χ0n) is 9.59. The Balaban J connectivity index is 2.17. The number of nitrogens with two attached hydrogens (primary N) is 1. The fraction of sp³-hybridized carbons (Fsp3) is 0. The smallest absolute Gasteiger partial charge is 0.311 e. The lowest BCUT2D eigenvalue weighted by Gasteiger charge is -2.02. The van der Waals surface area contributed by atoms with Crippen LogP contribution in [0.5, 0.6) is 0 Å². The number of nitrogens with zero attached hydrogens (tertiary/aromatic N) is 5. The summed E-state index contributed by atoms with van der Waals surface area (Å²) in [6, 6.07) is 10.1. The molecule has 0 amide bonds. The first-order chi connectivity index (χ1) is 9.16. The van der Waals surface area contributed by atoms with Crippen LogP contribution in [0.1, 0.15) is 0 Å². The summed E-state index contributed by atoms with van der Waals surface area (Å²) in [6.07, 6.45) is 0. The molecule has 0 unspecified atom stereocenters. The third-order valence-electron chi connectivity index (χ3n) is 2.65. The van der Waals surface area contributed by atoms with Gasteiger partial charge in [0, 0.05) is 6.07 Å². The summed E-state index contributed by atoms with van der Waals surface area (Å²) in [7, 11) is 0. The summed E-state index contributed by atoms with van der Waals surface area (Å²) in [5.74, 6) is 0.235. The van der Waals surface area contributed by atoms with Crippen molar-refractivity contribution in [2.45, 2.75) is 0 Å². The molecule has 2 aromatic heterocycles. The zero-order chi connectivity index (χ0) is 13.4. The topological polar surface area (TPSA) is 113 Å². The third-order valence-corrected chi connectivity index (χ3v) is 2.65. The molecular formula is C11H8N6O2. The van der Waals surface area contributed by atoms with Gasteiger partial charge in [0.25, 0.3) is 0 Å². The minimum atomic E-state index is -0.578. The normalized spacial score (nSPS) is 10.7. The highest BCUT2D eigenvalue weighted by Gasteiger charge is 2.15. The van der Waals surface area contributed by atoms with E-state index in [1.807, 2.05) is 24.3 Å². The standard InChI is InChI=1S/C11H8N6O2/c12-11-9(17(18)19)5-6-10(13-11)16-8-4-2-1-3-7(8)14-15-16/h1-6H,(H2,12,13). The number of rotatable bonds is 2. The van der Waals surface area contributed by atoms with Gasteiger partial charge in [0.1, 0.15) is 5.52 Å². The number of fused-ring (bicyclic) bond motifs is 1. The van der Waals surface area contributed by atoms with Crippen molar-refractivity contribution >= 4 is 22.5 Å². The molecule has 94 valence electrons. The Morgan fingerprint density at radius 1 is 1.21 bits per heavy atom. The van der Waals surface area contributed by atoms with Crippen molar-refractivity contribution in [2.75, 3.05) is 5.73 Å². The van der Waals surface area contributed by atoms with Gasteiger partial charge < -0.3 is 5.73 Å². The molecule has 0 aliphatic rings. The van der Waals surface area contributed by atoms with Crippen LogP contribution < -0.4 is 5.73 Å². The lowest BCUT2D eigenvalue weighted by Crippen LogP contribution is -2.04. The van der Waals surface area contributed by atoms with E-state index in [-0.39, 0.29) is 11.5 Å². The van der Waals surface area contributed by atoms with Gasteiger partial charge in [-0.15, -0.1) is 5.10 Å². The largest absolute Gasteiger partial charge is 0.378 e. The number of nitrogen functional groups attached to an aromatic ring is 1. The first-order valence-electron chi connectivity index (χ1n) is 5.38. The maximum Gasteiger partial charge on any atom is 0.311 e. The van der Waals surface area contributed by atoms with Crippen molar-refractivity contribution in [3.05, 3.63) is 46.5 Å². The summed E-state index contributed by atoms with van der Waals surface area (Å²) >= 11 is 0. The Hall–Kier alpha value is -3.03. The van der Waals surface area contributed by atoms with Crippen molar-refractivity contribution in [3.8, 4) is 5.82 Å². The molecule has 0 aliphatic carbocycles. The highest BCUT2D eigenvalue weighted by molar-refractivity contribution is 5.75. The van der Waals surface area contributed by atoms with Crippen molar-refractivity contribution < 1.29 is 4.92 Å². The number of pyridine rings is 1. The third kappa shape index (κ3) is 1.75. The number of benzene rings is 1. The van der Waals surface area contributed by atoms with E-state index in [1.54, 1.807) is 0 Å². The SMILES string of the molecule is Nc1nc(-n2nnc3ccccc32)ccc1[N+](=O)[O-]. The predicted octanol–water partition coefficient (Wildman–Crippen LogP) is 1.31. The van der Waals surface area contributed by atoms with E-state index in [2.05, 4.69) is 15.3 Å². The number of hydrogen-bond acceptors (Lipinski definition) is 6. The Kier molecular flexibility index (Phi) is 2.34. The fourth-order valence-corrected chi connectivity index (χ4v) is 1.77. The van der Waals surface area contributed by atoms with Crippen molar-refractivity contribution in [3.63, 3.8) is 0 Å². The lowest BCUT2D eigenvalue weighted by atomic mass is 10.3. The van der Waals surface area contributed by atoms with Gasteiger partial charge in [0.2, 0.25) is 5.82 Å². The van der Waals surface area contributed by atoms with E-state index >= 15 is 0 Å². The molecule has 0 fully saturated rings. The highest BCUT2D eigenvalue weighted by atomic mass is 16.6. The average molecular weight is 256 g/mol. The van der Waals surface area contributed by atoms with Crippen LogP contribution in [0.25, 0.3) is 16.9 Å². The van der Waals surface area contributed by atoms with Gasteiger partial charge in [-0.3, -0.25) is 10.1 Å². The molecule has 8 nitrogen and oxygen atoms in total. The van der Waals surface area contributed by atoms with Gasteiger partial charge in [-0.05, 0) is 18.2 Å². The van der Waals surface area contributed by atoms with Crippen LogP contribution in [0.15, 0.2) is 36.4 Å². The van der Waals surface area contributed by atoms with Gasteiger partial charge in [-0.1, -0.05) is 17.3 Å². The Bertz CT molecular complexity index is 782. The van der Waals surface area contributed by atoms with Crippen LogP contribution in [0.4, 0.5) is 11.5 Å². The Morgan fingerprint density at radius 2 is 2.00 bits per heavy atom. The monoisotopic (exact) mass is 256 g/mol. The average Bonchev–Trinajstić information content (AvgIpc) is 2.82. The van der Waals surface area contributed by atoms with E-state index < -0.39 is 4.92 Å². The molecule has 8 heteroatoms. The fourth-order valence-electron chi connectivity index (χ4n) is 1.77. The molecule has 0 saturated carbocycles. The molecule has 1 aromatic carbocycles. The molecule has 2 heterocycles. The number of aromatic nitrogens is 4. The summed E-state index contributed by atoms with van der Waals surface area (Å²) < 4.78 is 1.48. The molecule has 0 saturated heterocycles. The first kappa shape index (κ1) is 11.1. The second kappa shape index (κ2) is 4.02. The molecule has 0 radical (unpaired) electrons. The van der Waals surface area contributed by atoms with E-state index in [4.69, 9.17) is 5.73 Å². The van der Waals surface area contributed by atoms with Crippen molar-refractivity contribution in [2.24, 2.45) is 0 Å². The van der Waals surface area contributed by atoms with E-state index in [0.29, 0.717) is 11.3 Å². The van der Waals surface area contributed by atoms with Gasteiger partial charge in [-0.2, -0.15) is 4.68 Å².